The molecule has 2 N–H and O–H groups in total. The lowest BCUT2D eigenvalue weighted by Gasteiger charge is -2.35. The molecule has 1 unspecified atom stereocenters. The summed E-state index contributed by atoms with van der Waals surface area (Å²) in [7, 11) is 0. The zero-order chi connectivity index (χ0) is 24.3. The van der Waals surface area contributed by atoms with Crippen molar-refractivity contribution < 1.29 is 14.6 Å². The standard InChI is InChI=1S/C30H37N3O2/c1-22(23-13-5-2-6-14-23)31-30(34)28-25-17-9-10-18-27(25)32-29(24-15-7-3-8-16-24)26(28)21-33(35)19-11-4-12-20-33/h3,7-10,15-18,22-23,35H,2,4-6,11-14,19-21H2,1H3/p+1. The van der Waals surface area contributed by atoms with Crippen LogP contribution in [0.5, 0.6) is 0 Å². The highest BCUT2D eigenvalue weighted by Crippen LogP contribution is 2.34. The molecule has 0 spiro atoms. The first-order valence-corrected chi connectivity index (χ1v) is 13.4. The molecule has 1 aliphatic carbocycles. The molecule has 5 heteroatoms. The van der Waals surface area contributed by atoms with E-state index in [1.54, 1.807) is 0 Å². The number of quaternary nitrogens is 1. The van der Waals surface area contributed by atoms with E-state index in [1.807, 2.05) is 54.6 Å². The molecule has 1 aromatic heterocycles. The number of rotatable bonds is 6. The number of nitrogens with zero attached hydrogens (tertiary/aromatic N) is 2. The van der Waals surface area contributed by atoms with Gasteiger partial charge in [-0.25, -0.2) is 10.2 Å². The van der Waals surface area contributed by atoms with Crippen LogP contribution in [0.25, 0.3) is 22.2 Å². The third kappa shape index (κ3) is 5.26. The van der Waals surface area contributed by atoms with Crippen molar-refractivity contribution in [2.24, 2.45) is 5.92 Å². The summed E-state index contributed by atoms with van der Waals surface area (Å²) in [5.41, 5.74) is 4.12. The van der Waals surface area contributed by atoms with Gasteiger partial charge in [0.05, 0.1) is 16.8 Å². The van der Waals surface area contributed by atoms with Crippen molar-refractivity contribution in [3.05, 3.63) is 65.7 Å². The maximum absolute atomic E-state index is 14.0. The van der Waals surface area contributed by atoms with E-state index in [4.69, 9.17) is 4.98 Å². The van der Waals surface area contributed by atoms with Crippen LogP contribution in [0.15, 0.2) is 54.6 Å². The zero-order valence-corrected chi connectivity index (χ0v) is 20.9. The van der Waals surface area contributed by atoms with E-state index in [2.05, 4.69) is 12.2 Å². The molecule has 0 bridgehead atoms. The van der Waals surface area contributed by atoms with E-state index in [9.17, 15) is 10.0 Å². The molecular weight excluding hydrogens is 434 g/mol. The van der Waals surface area contributed by atoms with E-state index < -0.39 is 0 Å². The number of likely N-dealkylation sites (tertiary alicyclic amines) is 1. The van der Waals surface area contributed by atoms with Gasteiger partial charge in [0.1, 0.15) is 19.6 Å². The molecule has 2 heterocycles. The zero-order valence-electron chi connectivity index (χ0n) is 20.9. The maximum atomic E-state index is 14.0. The van der Waals surface area contributed by atoms with Gasteiger partial charge in [0.2, 0.25) is 0 Å². The number of carbonyl (C=O) groups excluding carboxylic acids is 1. The van der Waals surface area contributed by atoms with Crippen LogP contribution in [-0.2, 0) is 6.54 Å². The van der Waals surface area contributed by atoms with E-state index in [-0.39, 0.29) is 16.6 Å². The van der Waals surface area contributed by atoms with Crippen LogP contribution in [0.1, 0.15) is 74.2 Å². The minimum absolute atomic E-state index is 0.0295. The molecule has 35 heavy (non-hydrogen) atoms. The van der Waals surface area contributed by atoms with Crippen LogP contribution in [0.3, 0.4) is 0 Å². The largest absolute Gasteiger partial charge is 0.349 e. The smallest absolute Gasteiger partial charge is 0.252 e. The fraction of sp³-hybridized carbons (Fsp3) is 0.467. The fourth-order valence-electron chi connectivity index (χ4n) is 6.08. The van der Waals surface area contributed by atoms with Gasteiger partial charge >= 0.3 is 0 Å². The number of nitrogens with one attached hydrogen (secondary N) is 1. The summed E-state index contributed by atoms with van der Waals surface area (Å²) in [4.78, 5) is 19.1. The number of amides is 1. The van der Waals surface area contributed by atoms with E-state index in [0.717, 1.165) is 47.0 Å². The summed E-state index contributed by atoms with van der Waals surface area (Å²) in [6, 6.07) is 18.1. The summed E-state index contributed by atoms with van der Waals surface area (Å²) in [6.45, 7) is 3.96. The Hall–Kier alpha value is -2.76. The van der Waals surface area contributed by atoms with Gasteiger partial charge in [0.15, 0.2) is 0 Å². The van der Waals surface area contributed by atoms with Crippen LogP contribution in [0, 0.1) is 5.92 Å². The second kappa shape index (κ2) is 10.5. The number of pyridine rings is 1. The first kappa shape index (κ1) is 24.0. The van der Waals surface area contributed by atoms with Gasteiger partial charge in [-0.15, -0.1) is 0 Å². The Balaban J connectivity index is 1.62. The second-order valence-electron chi connectivity index (χ2n) is 10.6. The third-order valence-corrected chi connectivity index (χ3v) is 8.08. The highest BCUT2D eigenvalue weighted by Gasteiger charge is 2.34. The molecule has 184 valence electrons. The summed E-state index contributed by atoms with van der Waals surface area (Å²) in [5, 5.41) is 15.8. The summed E-state index contributed by atoms with van der Waals surface area (Å²) in [6.07, 6.45) is 9.29. The Kier molecular flexibility index (Phi) is 7.17. The molecule has 1 saturated carbocycles. The van der Waals surface area contributed by atoms with Crippen molar-refractivity contribution in [2.45, 2.75) is 70.9 Å². The van der Waals surface area contributed by atoms with Gasteiger partial charge in [0.25, 0.3) is 5.91 Å². The molecule has 2 aromatic carbocycles. The monoisotopic (exact) mass is 472 g/mol. The average Bonchev–Trinajstić information content (AvgIpc) is 2.89. The molecule has 5 nitrogen and oxygen atoms in total. The van der Waals surface area contributed by atoms with Crippen molar-refractivity contribution in [1.29, 1.82) is 0 Å². The molecular formula is C30H38N3O2+. The van der Waals surface area contributed by atoms with Crippen LogP contribution < -0.4 is 5.32 Å². The third-order valence-electron chi connectivity index (χ3n) is 8.08. The number of hydrogen-bond acceptors (Lipinski definition) is 3. The summed E-state index contributed by atoms with van der Waals surface area (Å²) >= 11 is 0. The number of fused-ring (bicyclic) bond motifs is 1. The number of hydrogen-bond donors (Lipinski definition) is 2. The Morgan fingerprint density at radius 3 is 2.37 bits per heavy atom. The SMILES string of the molecule is CC(NC(=O)c1c(C[N+]2(O)CCCCC2)c(-c2ccccc2)nc2ccccc12)C1CCCCC1. The van der Waals surface area contributed by atoms with Gasteiger partial charge in [-0.05, 0) is 51.0 Å². The molecule has 1 atom stereocenters. The van der Waals surface area contributed by atoms with Gasteiger partial charge < -0.3 is 5.32 Å². The van der Waals surface area contributed by atoms with Crippen LogP contribution in [0.2, 0.25) is 0 Å². The van der Waals surface area contributed by atoms with E-state index in [0.29, 0.717) is 31.1 Å². The van der Waals surface area contributed by atoms with Gasteiger partial charge in [-0.1, -0.05) is 67.8 Å². The predicted octanol–water partition coefficient (Wildman–Crippen LogP) is 6.49. The lowest BCUT2D eigenvalue weighted by molar-refractivity contribution is -1.12. The Morgan fingerprint density at radius 2 is 1.63 bits per heavy atom. The highest BCUT2D eigenvalue weighted by molar-refractivity contribution is 6.09. The van der Waals surface area contributed by atoms with Crippen molar-refractivity contribution >= 4 is 16.8 Å². The van der Waals surface area contributed by atoms with E-state index >= 15 is 0 Å². The first-order chi connectivity index (χ1) is 17.0. The number of carbonyl (C=O) groups is 1. The van der Waals surface area contributed by atoms with Crippen molar-refractivity contribution in [3.8, 4) is 11.3 Å². The Labute approximate surface area is 208 Å². The molecule has 1 amide bonds. The molecule has 2 fully saturated rings. The van der Waals surface area contributed by atoms with Crippen LogP contribution in [0.4, 0.5) is 0 Å². The minimum Gasteiger partial charge on any atom is -0.349 e. The Bertz CT molecular complexity index is 1160. The highest BCUT2D eigenvalue weighted by atomic mass is 16.5. The second-order valence-corrected chi connectivity index (χ2v) is 10.6. The normalized spacial score (nSPS) is 19.4. The van der Waals surface area contributed by atoms with Crippen molar-refractivity contribution in [2.75, 3.05) is 13.1 Å². The first-order valence-electron chi connectivity index (χ1n) is 13.4. The molecule has 0 radical (unpaired) electrons. The summed E-state index contributed by atoms with van der Waals surface area (Å²) < 4.78 is -0.0295. The number of benzene rings is 2. The maximum Gasteiger partial charge on any atom is 0.252 e. The molecule has 1 aliphatic heterocycles. The number of para-hydroxylation sites is 1. The topological polar surface area (TPSA) is 62.2 Å². The van der Waals surface area contributed by atoms with Crippen LogP contribution in [-0.4, -0.2) is 39.9 Å². The predicted molar refractivity (Wildman–Crippen MR) is 140 cm³/mol. The minimum atomic E-state index is -0.0440. The van der Waals surface area contributed by atoms with Crippen molar-refractivity contribution in [1.82, 2.24) is 10.3 Å². The van der Waals surface area contributed by atoms with Gasteiger partial charge in [0, 0.05) is 22.6 Å². The van der Waals surface area contributed by atoms with Gasteiger partial charge in [-0.3, -0.25) is 4.79 Å². The fourth-order valence-corrected chi connectivity index (χ4v) is 6.08. The molecule has 5 rings (SSSR count). The Morgan fingerprint density at radius 1 is 0.971 bits per heavy atom. The average molecular weight is 473 g/mol. The lowest BCUT2D eigenvalue weighted by atomic mass is 9.84. The molecule has 2 aliphatic rings. The number of hydroxylamine groups is 3. The van der Waals surface area contributed by atoms with Gasteiger partial charge in [-0.2, -0.15) is 4.65 Å². The quantitative estimate of drug-likeness (QED) is 0.403. The molecule has 1 saturated heterocycles. The van der Waals surface area contributed by atoms with Crippen LogP contribution >= 0.6 is 0 Å². The van der Waals surface area contributed by atoms with E-state index in [1.165, 1.54) is 32.1 Å². The number of aromatic nitrogens is 1. The van der Waals surface area contributed by atoms with Crippen molar-refractivity contribution in [3.63, 3.8) is 0 Å². The lowest BCUT2D eigenvalue weighted by Crippen LogP contribution is -2.48. The molecule has 3 aromatic rings. The summed E-state index contributed by atoms with van der Waals surface area (Å²) in [5.74, 6) is 0.480. The number of piperidine rings is 1.